The van der Waals surface area contributed by atoms with Crippen LogP contribution in [-0.4, -0.2) is 31.6 Å². The third-order valence-electron chi connectivity index (χ3n) is 3.23. The van der Waals surface area contributed by atoms with Crippen molar-refractivity contribution in [3.63, 3.8) is 0 Å². The molecule has 0 aromatic heterocycles. The summed E-state index contributed by atoms with van der Waals surface area (Å²) in [6.45, 7) is 0.146. The van der Waals surface area contributed by atoms with Gasteiger partial charge in [-0.05, 0) is 36.4 Å². The van der Waals surface area contributed by atoms with Crippen LogP contribution >= 0.6 is 0 Å². The highest BCUT2D eigenvalue weighted by molar-refractivity contribution is 5.88. The summed E-state index contributed by atoms with van der Waals surface area (Å²) < 4.78 is 16.1. The van der Waals surface area contributed by atoms with Gasteiger partial charge in [-0.2, -0.15) is 0 Å². The van der Waals surface area contributed by atoms with Crippen LogP contribution in [0.4, 0.5) is 0 Å². The molecule has 0 saturated heterocycles. The zero-order valence-electron chi connectivity index (χ0n) is 12.7. The predicted molar refractivity (Wildman–Crippen MR) is 82.7 cm³/mol. The van der Waals surface area contributed by atoms with Crippen LogP contribution in [0.1, 0.15) is 26.3 Å². The van der Waals surface area contributed by atoms with Crippen LogP contribution in [0.5, 0.6) is 17.2 Å². The third kappa shape index (κ3) is 3.79. The second kappa shape index (κ2) is 7.31. The van der Waals surface area contributed by atoms with Crippen molar-refractivity contribution in [3.05, 3.63) is 53.1 Å². The third-order valence-corrected chi connectivity index (χ3v) is 3.23. The number of methoxy groups -OCH3 is 2. The van der Waals surface area contributed by atoms with Crippen molar-refractivity contribution in [1.82, 2.24) is 0 Å². The normalized spacial score (nSPS) is 10.0. The second-order valence-electron chi connectivity index (χ2n) is 4.65. The first-order chi connectivity index (χ1) is 11.1. The van der Waals surface area contributed by atoms with Crippen molar-refractivity contribution in [1.29, 1.82) is 0 Å². The summed E-state index contributed by atoms with van der Waals surface area (Å²) in [5.41, 5.74) is 1.31. The first-order valence-corrected chi connectivity index (χ1v) is 6.75. The molecule has 0 amide bonds. The maximum Gasteiger partial charge on any atom is 0.335 e. The molecule has 2 rings (SSSR count). The van der Waals surface area contributed by atoms with Gasteiger partial charge in [-0.15, -0.1) is 0 Å². The van der Waals surface area contributed by atoms with Crippen LogP contribution in [0.15, 0.2) is 36.4 Å². The minimum absolute atomic E-state index is 0.106. The van der Waals surface area contributed by atoms with Gasteiger partial charge in [0.15, 0.2) is 11.5 Å². The zero-order valence-corrected chi connectivity index (χ0v) is 12.7. The van der Waals surface area contributed by atoms with Gasteiger partial charge >= 0.3 is 5.97 Å². The molecule has 0 spiro atoms. The number of benzene rings is 2. The molecule has 0 bridgehead atoms. The van der Waals surface area contributed by atoms with Crippen molar-refractivity contribution in [2.24, 2.45) is 0 Å². The van der Waals surface area contributed by atoms with E-state index in [-0.39, 0.29) is 12.2 Å². The Bertz CT molecular complexity index is 723. The highest BCUT2D eigenvalue weighted by Crippen LogP contribution is 2.30. The summed E-state index contributed by atoms with van der Waals surface area (Å²) in [6.07, 6.45) is 0.741. The molecule has 0 radical (unpaired) electrons. The van der Waals surface area contributed by atoms with E-state index in [9.17, 15) is 9.59 Å². The number of ether oxygens (including phenoxy) is 3. The maximum absolute atomic E-state index is 11.0. The van der Waals surface area contributed by atoms with Gasteiger partial charge in [0.2, 0.25) is 0 Å². The first-order valence-electron chi connectivity index (χ1n) is 6.75. The lowest BCUT2D eigenvalue weighted by molar-refractivity contribution is 0.0696. The Morgan fingerprint density at radius 3 is 2.35 bits per heavy atom. The van der Waals surface area contributed by atoms with Gasteiger partial charge in [-0.1, -0.05) is 0 Å². The highest BCUT2D eigenvalue weighted by Gasteiger charge is 2.11. The topological polar surface area (TPSA) is 82.1 Å². The lowest BCUT2D eigenvalue weighted by Gasteiger charge is -2.13. The SMILES string of the molecule is COc1ccc(C=O)cc1COc1ccc(C(=O)O)cc1OC. The zero-order chi connectivity index (χ0) is 16.8. The molecule has 6 nitrogen and oxygen atoms in total. The Morgan fingerprint density at radius 1 is 1.04 bits per heavy atom. The van der Waals surface area contributed by atoms with E-state index >= 15 is 0 Å². The number of hydrogen-bond acceptors (Lipinski definition) is 5. The Balaban J connectivity index is 2.23. The van der Waals surface area contributed by atoms with E-state index in [0.29, 0.717) is 28.4 Å². The molecule has 2 aromatic carbocycles. The number of carboxylic acid groups (broad SMARTS) is 1. The van der Waals surface area contributed by atoms with Crippen molar-refractivity contribution < 1.29 is 28.9 Å². The van der Waals surface area contributed by atoms with Crippen molar-refractivity contribution in [2.75, 3.05) is 14.2 Å². The van der Waals surface area contributed by atoms with Gasteiger partial charge in [-0.25, -0.2) is 4.79 Å². The molecule has 0 unspecified atom stereocenters. The molecule has 1 N–H and O–H groups in total. The Hall–Kier alpha value is -3.02. The summed E-state index contributed by atoms with van der Waals surface area (Å²) in [5, 5.41) is 8.98. The highest BCUT2D eigenvalue weighted by atomic mass is 16.5. The number of aldehydes is 1. The van der Waals surface area contributed by atoms with Crippen molar-refractivity contribution >= 4 is 12.3 Å². The van der Waals surface area contributed by atoms with Gasteiger partial charge in [0.05, 0.1) is 19.8 Å². The van der Waals surface area contributed by atoms with E-state index < -0.39 is 5.97 Å². The number of carbonyl (C=O) groups is 2. The van der Waals surface area contributed by atoms with Gasteiger partial charge in [0.1, 0.15) is 18.6 Å². The molecule has 2 aromatic rings. The lowest BCUT2D eigenvalue weighted by Crippen LogP contribution is -2.02. The van der Waals surface area contributed by atoms with E-state index in [1.807, 2.05) is 0 Å². The van der Waals surface area contributed by atoms with Crippen LogP contribution < -0.4 is 14.2 Å². The van der Waals surface area contributed by atoms with Crippen LogP contribution in [0.3, 0.4) is 0 Å². The average Bonchev–Trinajstić information content (AvgIpc) is 2.59. The van der Waals surface area contributed by atoms with E-state index in [1.165, 1.54) is 32.4 Å². The minimum atomic E-state index is -1.05. The summed E-state index contributed by atoms with van der Waals surface area (Å²) in [4.78, 5) is 21.8. The van der Waals surface area contributed by atoms with Crippen molar-refractivity contribution in [2.45, 2.75) is 6.61 Å². The maximum atomic E-state index is 11.0. The molecule has 23 heavy (non-hydrogen) atoms. The first kappa shape index (κ1) is 16.4. The fourth-order valence-corrected chi connectivity index (χ4v) is 2.06. The molecule has 0 atom stereocenters. The molecular weight excluding hydrogens is 300 g/mol. The molecule has 0 aliphatic carbocycles. The molecule has 0 heterocycles. The standard InChI is InChI=1S/C17H16O6/c1-21-14-5-3-11(9-18)7-13(14)10-23-15-6-4-12(17(19)20)8-16(15)22-2/h3-9H,10H2,1-2H3,(H,19,20). The molecule has 0 saturated carbocycles. The number of rotatable bonds is 7. The lowest BCUT2D eigenvalue weighted by atomic mass is 10.1. The van der Waals surface area contributed by atoms with Gasteiger partial charge in [0, 0.05) is 11.1 Å². The van der Waals surface area contributed by atoms with Gasteiger partial charge in [0.25, 0.3) is 0 Å². The van der Waals surface area contributed by atoms with Crippen LogP contribution in [0, 0.1) is 0 Å². The Kier molecular flexibility index (Phi) is 5.19. The molecule has 6 heteroatoms. The van der Waals surface area contributed by atoms with Crippen LogP contribution in [0.2, 0.25) is 0 Å². The Morgan fingerprint density at radius 2 is 1.74 bits per heavy atom. The van der Waals surface area contributed by atoms with E-state index in [4.69, 9.17) is 19.3 Å². The van der Waals surface area contributed by atoms with E-state index in [1.54, 1.807) is 18.2 Å². The van der Waals surface area contributed by atoms with E-state index in [0.717, 1.165) is 6.29 Å². The Labute approximate surface area is 133 Å². The largest absolute Gasteiger partial charge is 0.496 e. The predicted octanol–water partition coefficient (Wildman–Crippen LogP) is 2.79. The summed E-state index contributed by atoms with van der Waals surface area (Å²) >= 11 is 0. The summed E-state index contributed by atoms with van der Waals surface area (Å²) in [7, 11) is 2.96. The number of hydrogen-bond donors (Lipinski definition) is 1. The number of carbonyl (C=O) groups excluding carboxylic acids is 1. The summed E-state index contributed by atoms with van der Waals surface area (Å²) in [5.74, 6) is 0.262. The average molecular weight is 316 g/mol. The minimum Gasteiger partial charge on any atom is -0.496 e. The second-order valence-corrected chi connectivity index (χ2v) is 4.65. The number of carboxylic acids is 1. The smallest absolute Gasteiger partial charge is 0.335 e. The van der Waals surface area contributed by atoms with Crippen LogP contribution in [-0.2, 0) is 6.61 Å². The fraction of sp³-hybridized carbons (Fsp3) is 0.176. The van der Waals surface area contributed by atoms with E-state index in [2.05, 4.69) is 0 Å². The summed E-state index contributed by atoms with van der Waals surface area (Å²) in [6, 6.07) is 9.35. The van der Waals surface area contributed by atoms with Crippen LogP contribution in [0.25, 0.3) is 0 Å². The monoisotopic (exact) mass is 316 g/mol. The van der Waals surface area contributed by atoms with Crippen molar-refractivity contribution in [3.8, 4) is 17.2 Å². The number of aromatic carboxylic acids is 1. The molecule has 0 aliphatic heterocycles. The fourth-order valence-electron chi connectivity index (χ4n) is 2.06. The quantitative estimate of drug-likeness (QED) is 0.791. The molecular formula is C17H16O6. The molecule has 120 valence electrons. The van der Waals surface area contributed by atoms with Gasteiger partial charge in [-0.3, -0.25) is 4.79 Å². The molecule has 0 aliphatic rings. The van der Waals surface area contributed by atoms with Gasteiger partial charge < -0.3 is 19.3 Å². The molecule has 0 fully saturated rings.